The van der Waals surface area contributed by atoms with Crippen LogP contribution in [0.4, 0.5) is 5.82 Å². The van der Waals surface area contributed by atoms with Crippen molar-refractivity contribution >= 4 is 5.82 Å². The van der Waals surface area contributed by atoms with Crippen molar-refractivity contribution in [2.24, 2.45) is 5.92 Å². The first-order chi connectivity index (χ1) is 11.8. The fraction of sp³-hybridized carbons (Fsp3) is 0.474. The number of para-hydroxylation sites is 1. The number of benzene rings is 1. The van der Waals surface area contributed by atoms with E-state index in [1.54, 1.807) is 0 Å². The molecule has 24 heavy (non-hydrogen) atoms. The van der Waals surface area contributed by atoms with Gasteiger partial charge in [-0.1, -0.05) is 18.2 Å². The quantitative estimate of drug-likeness (QED) is 0.938. The summed E-state index contributed by atoms with van der Waals surface area (Å²) in [5.41, 5.74) is 1.27. The molecule has 0 amide bonds. The Morgan fingerprint density at radius 3 is 2.88 bits per heavy atom. The third kappa shape index (κ3) is 3.36. The number of hydrogen-bond acceptors (Lipinski definition) is 5. The molecule has 0 saturated carbocycles. The maximum absolute atomic E-state index is 9.65. The van der Waals surface area contributed by atoms with Crippen LogP contribution in [0.2, 0.25) is 0 Å². The lowest BCUT2D eigenvalue weighted by atomic mass is 9.94. The normalized spacial score (nSPS) is 21.2. The highest BCUT2D eigenvalue weighted by molar-refractivity contribution is 5.38. The van der Waals surface area contributed by atoms with E-state index in [-0.39, 0.29) is 6.10 Å². The number of rotatable bonds is 3. The van der Waals surface area contributed by atoms with E-state index in [2.05, 4.69) is 22.0 Å². The van der Waals surface area contributed by atoms with Crippen molar-refractivity contribution in [3.05, 3.63) is 47.9 Å². The van der Waals surface area contributed by atoms with E-state index in [1.165, 1.54) is 5.56 Å². The van der Waals surface area contributed by atoms with Gasteiger partial charge in [0.25, 0.3) is 0 Å². The minimum absolute atomic E-state index is 0.165. The Labute approximate surface area is 142 Å². The first-order valence-electron chi connectivity index (χ1n) is 8.73. The highest BCUT2D eigenvalue weighted by atomic mass is 16.5. The van der Waals surface area contributed by atoms with Crippen LogP contribution in [0.15, 0.2) is 36.5 Å². The molecule has 0 bridgehead atoms. The van der Waals surface area contributed by atoms with E-state index in [9.17, 15) is 5.11 Å². The molecule has 0 radical (unpaired) electrons. The molecule has 5 heteroatoms. The summed E-state index contributed by atoms with van der Waals surface area (Å²) in [6, 6.07) is 10.2. The van der Waals surface area contributed by atoms with E-state index < -0.39 is 0 Å². The molecule has 4 rings (SSSR count). The number of aromatic nitrogens is 2. The number of hydrogen-bond donors (Lipinski definition) is 1. The van der Waals surface area contributed by atoms with Crippen molar-refractivity contribution in [1.82, 2.24) is 9.97 Å². The average Bonchev–Trinajstić information content (AvgIpc) is 2.62. The maximum atomic E-state index is 9.65. The van der Waals surface area contributed by atoms with Gasteiger partial charge in [-0.05, 0) is 37.0 Å². The zero-order valence-electron chi connectivity index (χ0n) is 13.8. The molecule has 1 atom stereocenters. The molecule has 1 fully saturated rings. The van der Waals surface area contributed by atoms with Crippen molar-refractivity contribution in [2.45, 2.75) is 31.8 Å². The standard InChI is InChI=1S/C19H23N3O2/c23-16-6-9-22(10-7-16)19-5-8-20-18(21-19)12-14-11-15-3-1-2-4-17(15)24-13-14/h1-5,8,14,16,23H,6-7,9-13H2. The molecular weight excluding hydrogens is 302 g/mol. The minimum atomic E-state index is -0.165. The number of aliphatic hydroxyl groups is 1. The second kappa shape index (κ2) is 6.77. The Morgan fingerprint density at radius 1 is 1.17 bits per heavy atom. The molecule has 5 nitrogen and oxygen atoms in total. The molecular formula is C19H23N3O2. The molecule has 1 saturated heterocycles. The summed E-state index contributed by atoms with van der Waals surface area (Å²) in [5, 5.41) is 9.65. The van der Waals surface area contributed by atoms with Crippen molar-refractivity contribution in [1.29, 1.82) is 0 Å². The van der Waals surface area contributed by atoms with Gasteiger partial charge in [0.1, 0.15) is 17.4 Å². The van der Waals surface area contributed by atoms with E-state index in [4.69, 9.17) is 9.72 Å². The van der Waals surface area contributed by atoms with E-state index in [0.717, 1.165) is 62.8 Å². The second-order valence-corrected chi connectivity index (χ2v) is 6.74. The van der Waals surface area contributed by atoms with E-state index >= 15 is 0 Å². The number of fused-ring (bicyclic) bond motifs is 1. The largest absolute Gasteiger partial charge is 0.493 e. The number of aliphatic hydroxyl groups excluding tert-OH is 1. The zero-order valence-corrected chi connectivity index (χ0v) is 13.8. The number of anilines is 1. The fourth-order valence-electron chi connectivity index (χ4n) is 3.54. The predicted octanol–water partition coefficient (Wildman–Crippen LogP) is 2.23. The number of nitrogens with zero attached hydrogens (tertiary/aromatic N) is 3. The molecule has 1 aromatic carbocycles. The molecule has 2 aliphatic rings. The molecule has 2 aromatic rings. The second-order valence-electron chi connectivity index (χ2n) is 6.74. The Bertz CT molecular complexity index is 699. The van der Waals surface area contributed by atoms with Gasteiger partial charge in [0.05, 0.1) is 12.7 Å². The van der Waals surface area contributed by atoms with Crippen LogP contribution in [0, 0.1) is 5.92 Å². The molecule has 0 aliphatic carbocycles. The highest BCUT2D eigenvalue weighted by Gasteiger charge is 2.22. The third-order valence-electron chi connectivity index (χ3n) is 4.91. The van der Waals surface area contributed by atoms with Gasteiger partial charge in [0.15, 0.2) is 0 Å². The molecule has 1 aromatic heterocycles. The minimum Gasteiger partial charge on any atom is -0.493 e. The number of piperidine rings is 1. The predicted molar refractivity (Wildman–Crippen MR) is 92.3 cm³/mol. The Kier molecular flexibility index (Phi) is 4.34. The van der Waals surface area contributed by atoms with Crippen LogP contribution < -0.4 is 9.64 Å². The summed E-state index contributed by atoms with van der Waals surface area (Å²) in [5.74, 6) is 3.28. The maximum Gasteiger partial charge on any atom is 0.132 e. The first-order valence-corrected chi connectivity index (χ1v) is 8.73. The van der Waals surface area contributed by atoms with Gasteiger partial charge in [-0.15, -0.1) is 0 Å². The summed E-state index contributed by atoms with van der Waals surface area (Å²) in [6.07, 6.45) is 5.15. The van der Waals surface area contributed by atoms with E-state index in [1.807, 2.05) is 24.4 Å². The van der Waals surface area contributed by atoms with Crippen LogP contribution in [-0.4, -0.2) is 40.9 Å². The lowest BCUT2D eigenvalue weighted by Crippen LogP contribution is -2.36. The van der Waals surface area contributed by atoms with Crippen molar-refractivity contribution in [3.8, 4) is 5.75 Å². The molecule has 2 aliphatic heterocycles. The molecule has 1 unspecified atom stereocenters. The highest BCUT2D eigenvalue weighted by Crippen LogP contribution is 2.28. The van der Waals surface area contributed by atoms with Crippen molar-refractivity contribution in [2.75, 3.05) is 24.6 Å². The zero-order chi connectivity index (χ0) is 16.4. The fourth-order valence-corrected chi connectivity index (χ4v) is 3.54. The van der Waals surface area contributed by atoms with Gasteiger partial charge in [-0.3, -0.25) is 0 Å². The van der Waals surface area contributed by atoms with Gasteiger partial charge in [-0.2, -0.15) is 0 Å². The topological polar surface area (TPSA) is 58.5 Å². The van der Waals surface area contributed by atoms with Crippen LogP contribution >= 0.6 is 0 Å². The van der Waals surface area contributed by atoms with E-state index in [0.29, 0.717) is 5.92 Å². The Balaban J connectivity index is 1.43. The summed E-state index contributed by atoms with van der Waals surface area (Å²) in [4.78, 5) is 11.4. The third-order valence-corrected chi connectivity index (χ3v) is 4.91. The smallest absolute Gasteiger partial charge is 0.132 e. The Hall–Kier alpha value is -2.14. The SMILES string of the molecule is OC1CCN(c2ccnc(CC3COc4ccccc4C3)n2)CC1. The van der Waals surface area contributed by atoms with Gasteiger partial charge >= 0.3 is 0 Å². The monoisotopic (exact) mass is 325 g/mol. The van der Waals surface area contributed by atoms with Crippen LogP contribution in [0.3, 0.4) is 0 Å². The molecule has 0 spiro atoms. The lowest BCUT2D eigenvalue weighted by Gasteiger charge is -2.30. The van der Waals surface area contributed by atoms with Gasteiger partial charge in [0, 0.05) is 31.6 Å². The van der Waals surface area contributed by atoms with Crippen LogP contribution in [0.5, 0.6) is 5.75 Å². The van der Waals surface area contributed by atoms with Gasteiger partial charge in [-0.25, -0.2) is 9.97 Å². The van der Waals surface area contributed by atoms with Gasteiger partial charge in [0.2, 0.25) is 0 Å². The van der Waals surface area contributed by atoms with Gasteiger partial charge < -0.3 is 14.7 Å². The van der Waals surface area contributed by atoms with Crippen LogP contribution in [0.1, 0.15) is 24.2 Å². The summed E-state index contributed by atoms with van der Waals surface area (Å²) < 4.78 is 5.87. The lowest BCUT2D eigenvalue weighted by molar-refractivity contribution is 0.145. The summed E-state index contributed by atoms with van der Waals surface area (Å²) in [7, 11) is 0. The molecule has 126 valence electrons. The summed E-state index contributed by atoms with van der Waals surface area (Å²) in [6.45, 7) is 2.44. The van der Waals surface area contributed by atoms with Crippen LogP contribution in [0.25, 0.3) is 0 Å². The number of ether oxygens (including phenoxy) is 1. The summed E-state index contributed by atoms with van der Waals surface area (Å²) >= 11 is 0. The Morgan fingerprint density at radius 2 is 2.00 bits per heavy atom. The van der Waals surface area contributed by atoms with Crippen LogP contribution in [-0.2, 0) is 12.8 Å². The van der Waals surface area contributed by atoms with Crippen molar-refractivity contribution in [3.63, 3.8) is 0 Å². The molecule has 3 heterocycles. The van der Waals surface area contributed by atoms with Crippen molar-refractivity contribution < 1.29 is 9.84 Å². The first kappa shape index (κ1) is 15.4. The molecule has 1 N–H and O–H groups in total. The average molecular weight is 325 g/mol.